The van der Waals surface area contributed by atoms with Crippen molar-refractivity contribution >= 4 is 17.9 Å². The highest BCUT2D eigenvalue weighted by atomic mass is 19.4. The third kappa shape index (κ3) is 9.40. The smallest absolute Gasteiger partial charge is 0.484 e. The highest BCUT2D eigenvalue weighted by Crippen LogP contribution is 2.23. The van der Waals surface area contributed by atoms with Crippen molar-refractivity contribution < 1.29 is 50.5 Å². The summed E-state index contributed by atoms with van der Waals surface area (Å²) in [7, 11) is 0. The summed E-state index contributed by atoms with van der Waals surface area (Å²) in [6.45, 7) is -2.05. The molecule has 0 aromatic heterocycles. The number of nitrogens with one attached hydrogen (secondary N) is 2. The standard InChI is InChI=1S/C21H18F6N2O5/c22-20(23,24)12-33-15-7-3-14(4-8-15)18(31)29-17(19(32)28-9-10-30)11-13-1-5-16(6-2-13)34-21(25,26)27/h1-8,11,30H,9-10,12H2,(H,28,32)(H,29,31)/b17-11+. The predicted molar refractivity (Wildman–Crippen MR) is 107 cm³/mol. The molecule has 0 aliphatic heterocycles. The third-order valence-electron chi connectivity index (χ3n) is 3.83. The molecule has 0 radical (unpaired) electrons. The van der Waals surface area contributed by atoms with Gasteiger partial charge in [0.2, 0.25) is 0 Å². The Morgan fingerprint density at radius 1 is 0.912 bits per heavy atom. The normalized spacial score (nSPS) is 12.1. The van der Waals surface area contributed by atoms with Crippen LogP contribution < -0.4 is 20.1 Å². The van der Waals surface area contributed by atoms with Gasteiger partial charge in [0.15, 0.2) is 6.61 Å². The molecular weight excluding hydrogens is 474 g/mol. The summed E-state index contributed by atoms with van der Waals surface area (Å²) in [4.78, 5) is 24.9. The van der Waals surface area contributed by atoms with Gasteiger partial charge in [0.1, 0.15) is 17.2 Å². The number of rotatable bonds is 9. The van der Waals surface area contributed by atoms with Crippen LogP contribution in [0.3, 0.4) is 0 Å². The molecule has 0 spiro atoms. The van der Waals surface area contributed by atoms with Crippen LogP contribution >= 0.6 is 0 Å². The molecular formula is C21H18F6N2O5. The van der Waals surface area contributed by atoms with Crippen LogP contribution in [0.2, 0.25) is 0 Å². The molecule has 0 bridgehead atoms. The molecule has 3 N–H and O–H groups in total. The van der Waals surface area contributed by atoms with Crippen molar-refractivity contribution in [3.8, 4) is 11.5 Å². The number of benzene rings is 2. The zero-order chi connectivity index (χ0) is 25.4. The minimum absolute atomic E-state index is 0.0193. The Morgan fingerprint density at radius 2 is 1.50 bits per heavy atom. The van der Waals surface area contributed by atoms with Crippen molar-refractivity contribution in [3.05, 3.63) is 65.4 Å². The zero-order valence-corrected chi connectivity index (χ0v) is 17.2. The van der Waals surface area contributed by atoms with E-state index < -0.39 is 43.3 Å². The molecule has 2 aromatic rings. The van der Waals surface area contributed by atoms with Gasteiger partial charge in [0, 0.05) is 12.1 Å². The van der Waals surface area contributed by atoms with E-state index in [1.807, 2.05) is 0 Å². The van der Waals surface area contributed by atoms with Crippen LogP contribution in [0.1, 0.15) is 15.9 Å². The summed E-state index contributed by atoms with van der Waals surface area (Å²) in [5, 5.41) is 13.5. The van der Waals surface area contributed by atoms with E-state index in [1.165, 1.54) is 30.3 Å². The first-order valence-electron chi connectivity index (χ1n) is 9.44. The van der Waals surface area contributed by atoms with Crippen molar-refractivity contribution in [3.63, 3.8) is 0 Å². The number of aliphatic hydroxyl groups excluding tert-OH is 1. The second-order valence-corrected chi connectivity index (χ2v) is 6.54. The van der Waals surface area contributed by atoms with Crippen molar-refractivity contribution in [2.45, 2.75) is 12.5 Å². The molecule has 0 aliphatic carbocycles. The topological polar surface area (TPSA) is 96.9 Å². The number of hydrogen-bond donors (Lipinski definition) is 3. The summed E-state index contributed by atoms with van der Waals surface area (Å²) in [5.74, 6) is -2.23. The Labute approximate surface area is 189 Å². The lowest BCUT2D eigenvalue weighted by Crippen LogP contribution is -2.36. The lowest BCUT2D eigenvalue weighted by Gasteiger charge is -2.12. The second kappa shape index (κ2) is 11.4. The fourth-order valence-electron chi connectivity index (χ4n) is 2.42. The van der Waals surface area contributed by atoms with E-state index in [4.69, 9.17) is 5.11 Å². The number of ether oxygens (including phenoxy) is 2. The molecule has 0 saturated heterocycles. The largest absolute Gasteiger partial charge is 0.573 e. The van der Waals surface area contributed by atoms with Gasteiger partial charge in [-0.1, -0.05) is 12.1 Å². The fraction of sp³-hybridized carbons (Fsp3) is 0.238. The Kier molecular flexibility index (Phi) is 8.90. The van der Waals surface area contributed by atoms with Crippen molar-refractivity contribution in [1.29, 1.82) is 0 Å². The van der Waals surface area contributed by atoms with E-state index in [2.05, 4.69) is 20.1 Å². The maximum atomic E-state index is 12.5. The summed E-state index contributed by atoms with van der Waals surface area (Å²) in [6.07, 6.45) is -8.24. The van der Waals surface area contributed by atoms with E-state index >= 15 is 0 Å². The molecule has 2 rings (SSSR count). The third-order valence-corrected chi connectivity index (χ3v) is 3.83. The SMILES string of the molecule is O=C(NCCO)/C(=C\c1ccc(OC(F)(F)F)cc1)NC(=O)c1ccc(OCC(F)(F)F)cc1. The monoisotopic (exact) mass is 492 g/mol. The van der Waals surface area contributed by atoms with Crippen LogP contribution in [0.4, 0.5) is 26.3 Å². The van der Waals surface area contributed by atoms with Crippen molar-refractivity contribution in [2.75, 3.05) is 19.8 Å². The summed E-state index contributed by atoms with van der Waals surface area (Å²) in [5.41, 5.74) is -0.0886. The van der Waals surface area contributed by atoms with Crippen LogP contribution in [0, 0.1) is 0 Å². The number of carbonyl (C=O) groups excluding carboxylic acids is 2. The van der Waals surface area contributed by atoms with Crippen LogP contribution in [-0.2, 0) is 4.79 Å². The van der Waals surface area contributed by atoms with Gasteiger partial charge in [-0.15, -0.1) is 13.2 Å². The van der Waals surface area contributed by atoms with Crippen LogP contribution in [0.25, 0.3) is 6.08 Å². The maximum Gasteiger partial charge on any atom is 0.573 e. The van der Waals surface area contributed by atoms with E-state index in [9.17, 15) is 35.9 Å². The van der Waals surface area contributed by atoms with Gasteiger partial charge in [0.05, 0.1) is 6.61 Å². The van der Waals surface area contributed by atoms with E-state index in [1.54, 1.807) is 0 Å². The van der Waals surface area contributed by atoms with Gasteiger partial charge < -0.3 is 25.2 Å². The highest BCUT2D eigenvalue weighted by molar-refractivity contribution is 6.05. The molecule has 184 valence electrons. The predicted octanol–water partition coefficient (Wildman–Crippen LogP) is 3.41. The van der Waals surface area contributed by atoms with Crippen molar-refractivity contribution in [1.82, 2.24) is 10.6 Å². The minimum Gasteiger partial charge on any atom is -0.484 e. The quantitative estimate of drug-likeness (QED) is 0.368. The Balaban J connectivity index is 2.17. The molecule has 0 heterocycles. The molecule has 0 aliphatic rings. The number of alkyl halides is 6. The fourth-order valence-corrected chi connectivity index (χ4v) is 2.42. The highest BCUT2D eigenvalue weighted by Gasteiger charge is 2.31. The number of hydrogen-bond acceptors (Lipinski definition) is 5. The van der Waals surface area contributed by atoms with Crippen LogP contribution in [0.5, 0.6) is 11.5 Å². The van der Waals surface area contributed by atoms with Crippen molar-refractivity contribution in [2.24, 2.45) is 0 Å². The average molecular weight is 492 g/mol. The molecule has 2 aromatic carbocycles. The Bertz CT molecular complexity index is 1000. The molecule has 0 atom stereocenters. The first-order valence-corrected chi connectivity index (χ1v) is 9.44. The maximum absolute atomic E-state index is 12.5. The Hall–Kier alpha value is -3.74. The number of halogens is 6. The molecule has 0 fully saturated rings. The zero-order valence-electron chi connectivity index (χ0n) is 17.2. The summed E-state index contributed by atoms with van der Waals surface area (Å²) >= 11 is 0. The molecule has 7 nitrogen and oxygen atoms in total. The second-order valence-electron chi connectivity index (χ2n) is 6.54. The van der Waals surface area contributed by atoms with E-state index in [0.29, 0.717) is 0 Å². The first kappa shape index (κ1) is 26.5. The van der Waals surface area contributed by atoms with Gasteiger partial charge in [-0.3, -0.25) is 9.59 Å². The summed E-state index contributed by atoms with van der Waals surface area (Å²) < 4.78 is 81.8. The van der Waals surface area contributed by atoms with Gasteiger partial charge >= 0.3 is 12.5 Å². The minimum atomic E-state index is -4.88. The number of amides is 2. The lowest BCUT2D eigenvalue weighted by atomic mass is 10.1. The Morgan fingerprint density at radius 3 is 2.03 bits per heavy atom. The molecule has 0 unspecified atom stereocenters. The molecule has 2 amide bonds. The van der Waals surface area contributed by atoms with Crippen LogP contribution in [0.15, 0.2) is 54.2 Å². The van der Waals surface area contributed by atoms with E-state index in [0.717, 1.165) is 24.3 Å². The molecule has 13 heteroatoms. The van der Waals surface area contributed by atoms with Crippen LogP contribution in [-0.4, -0.2) is 49.2 Å². The molecule has 34 heavy (non-hydrogen) atoms. The number of carbonyl (C=O) groups is 2. The van der Waals surface area contributed by atoms with Gasteiger partial charge in [-0.05, 0) is 48.0 Å². The van der Waals surface area contributed by atoms with E-state index in [-0.39, 0.29) is 29.1 Å². The van der Waals surface area contributed by atoms with Gasteiger partial charge in [-0.25, -0.2) is 0 Å². The van der Waals surface area contributed by atoms with Gasteiger partial charge in [0.25, 0.3) is 11.8 Å². The average Bonchev–Trinajstić information content (AvgIpc) is 2.75. The summed E-state index contributed by atoms with van der Waals surface area (Å²) in [6, 6.07) is 9.04. The lowest BCUT2D eigenvalue weighted by molar-refractivity contribution is -0.274. The first-order chi connectivity index (χ1) is 15.9. The number of aliphatic hydroxyl groups is 1. The van der Waals surface area contributed by atoms with Gasteiger partial charge in [-0.2, -0.15) is 13.2 Å². The molecule has 0 saturated carbocycles.